The van der Waals surface area contributed by atoms with Gasteiger partial charge in [-0.2, -0.15) is 0 Å². The summed E-state index contributed by atoms with van der Waals surface area (Å²) in [6.07, 6.45) is 4.02. The number of amides is 2. The molecule has 0 spiro atoms. The van der Waals surface area contributed by atoms with Crippen LogP contribution in [-0.4, -0.2) is 16.7 Å². The fraction of sp³-hybridized carbons (Fsp3) is 0.217. The van der Waals surface area contributed by atoms with Crippen molar-refractivity contribution >= 4 is 44.7 Å². The van der Waals surface area contributed by atoms with Crippen LogP contribution in [0.2, 0.25) is 0 Å². The molecule has 0 N–H and O–H groups in total. The summed E-state index contributed by atoms with van der Waals surface area (Å²) in [6, 6.07) is 14.3. The molecule has 2 fully saturated rings. The number of carbonyl (C=O) groups is 2. The van der Waals surface area contributed by atoms with Crippen molar-refractivity contribution in [3.8, 4) is 0 Å². The van der Waals surface area contributed by atoms with E-state index in [4.69, 9.17) is 0 Å². The highest BCUT2D eigenvalue weighted by Gasteiger charge is 2.62. The van der Waals surface area contributed by atoms with Gasteiger partial charge in [0.05, 0.1) is 16.8 Å². The Morgan fingerprint density at radius 3 is 2.17 bits per heavy atom. The number of nitro benzene ring substituents is 1. The van der Waals surface area contributed by atoms with Crippen LogP contribution in [0.3, 0.4) is 0 Å². The number of carbonyl (C=O) groups excluding carboxylic acids is 2. The average molecular weight is 465 g/mol. The van der Waals surface area contributed by atoms with E-state index in [9.17, 15) is 19.7 Å². The van der Waals surface area contributed by atoms with Crippen LogP contribution in [0.25, 0.3) is 5.57 Å². The van der Waals surface area contributed by atoms with Gasteiger partial charge in [0.1, 0.15) is 5.69 Å². The van der Waals surface area contributed by atoms with Gasteiger partial charge in [0.15, 0.2) is 0 Å². The molecular formula is C23H17BrN2O4. The van der Waals surface area contributed by atoms with Gasteiger partial charge in [-0.25, -0.2) is 4.90 Å². The van der Waals surface area contributed by atoms with Gasteiger partial charge in [0, 0.05) is 22.4 Å². The first kappa shape index (κ1) is 18.9. The molecule has 0 unspecified atom stereocenters. The molecule has 0 aromatic heterocycles. The van der Waals surface area contributed by atoms with Crippen LogP contribution >= 0.6 is 15.9 Å². The number of nitrogens with zero attached hydrogens (tertiary/aromatic N) is 2. The number of benzene rings is 2. The second-order valence-corrected chi connectivity index (χ2v) is 8.75. The van der Waals surface area contributed by atoms with Crippen molar-refractivity contribution in [2.24, 2.45) is 23.7 Å². The third kappa shape index (κ3) is 2.55. The van der Waals surface area contributed by atoms with E-state index in [0.717, 1.165) is 21.6 Å². The molecule has 2 aromatic carbocycles. The molecule has 3 aliphatic rings. The molecule has 150 valence electrons. The number of nitro groups is 1. The summed E-state index contributed by atoms with van der Waals surface area (Å²) >= 11 is 3.22. The van der Waals surface area contributed by atoms with Gasteiger partial charge in [0.2, 0.25) is 11.8 Å². The van der Waals surface area contributed by atoms with Crippen molar-refractivity contribution in [2.75, 3.05) is 4.90 Å². The predicted octanol–water partition coefficient (Wildman–Crippen LogP) is 4.75. The third-order valence-corrected chi connectivity index (χ3v) is 6.92. The van der Waals surface area contributed by atoms with E-state index in [1.54, 1.807) is 6.07 Å². The first-order valence-electron chi connectivity index (χ1n) is 9.66. The summed E-state index contributed by atoms with van der Waals surface area (Å²) in [5.74, 6) is -2.04. The number of rotatable bonds is 3. The molecule has 30 heavy (non-hydrogen) atoms. The molecule has 6 nitrogen and oxygen atoms in total. The van der Waals surface area contributed by atoms with E-state index < -0.39 is 16.8 Å². The number of fused-ring (bicyclic) bond motifs is 5. The van der Waals surface area contributed by atoms with E-state index >= 15 is 0 Å². The van der Waals surface area contributed by atoms with Crippen LogP contribution in [0.5, 0.6) is 0 Å². The Labute approximate surface area is 181 Å². The van der Waals surface area contributed by atoms with Crippen LogP contribution < -0.4 is 4.90 Å². The maximum Gasteiger partial charge on any atom is 0.294 e. The number of allylic oxidation sites excluding steroid dienone is 4. The maximum absolute atomic E-state index is 13.4. The van der Waals surface area contributed by atoms with Gasteiger partial charge in [0.25, 0.3) is 5.69 Å². The van der Waals surface area contributed by atoms with Crippen LogP contribution in [0, 0.1) is 33.8 Å². The van der Waals surface area contributed by atoms with Gasteiger partial charge in [-0.05, 0) is 30.2 Å². The summed E-state index contributed by atoms with van der Waals surface area (Å²) in [5, 5.41) is 11.5. The molecule has 1 aliphatic heterocycles. The molecule has 7 heteroatoms. The number of hydrogen-bond donors (Lipinski definition) is 0. The predicted molar refractivity (Wildman–Crippen MR) is 115 cm³/mol. The van der Waals surface area contributed by atoms with E-state index in [0.29, 0.717) is 4.47 Å². The smallest absolute Gasteiger partial charge is 0.274 e. The Hall–Kier alpha value is -3.06. The quantitative estimate of drug-likeness (QED) is 0.284. The monoisotopic (exact) mass is 464 g/mol. The lowest BCUT2D eigenvalue weighted by atomic mass is 9.85. The average Bonchev–Trinajstić information content (AvgIpc) is 3.38. The third-order valence-electron chi connectivity index (χ3n) is 6.43. The SMILES string of the molecule is CC(=C1[C@H]2C=C[C@H]1[C@H]1C(=O)N(c3ccc(Br)cc3[N+](=O)[O-])C(=O)[C@H]12)c1ccccc1. The van der Waals surface area contributed by atoms with Gasteiger partial charge >= 0.3 is 0 Å². The largest absolute Gasteiger partial charge is 0.294 e. The standard InChI is InChI=1S/C23H17BrN2O4/c1-12(13-5-3-2-4-6-13)19-15-8-9-16(19)21-20(15)22(27)25(23(21)28)17-10-7-14(24)11-18(17)26(29)30/h2-11,15-16,20-21H,1H3/t15-,16-,20-,21+/m1/s1. The molecule has 4 atom stereocenters. The van der Waals surface area contributed by atoms with Crippen molar-refractivity contribution in [3.05, 3.63) is 86.4 Å². The maximum atomic E-state index is 13.4. The summed E-state index contributed by atoms with van der Waals surface area (Å²) in [5.41, 5.74) is 3.06. The normalized spacial score (nSPS) is 28.3. The van der Waals surface area contributed by atoms with E-state index in [-0.39, 0.29) is 35.0 Å². The highest BCUT2D eigenvalue weighted by molar-refractivity contribution is 9.10. The Morgan fingerprint density at radius 1 is 1.00 bits per heavy atom. The van der Waals surface area contributed by atoms with Crippen LogP contribution in [0.15, 0.2) is 70.7 Å². The van der Waals surface area contributed by atoms with Crippen LogP contribution in [-0.2, 0) is 9.59 Å². The number of imide groups is 1. The molecule has 2 aliphatic carbocycles. The van der Waals surface area contributed by atoms with E-state index in [2.05, 4.69) is 15.9 Å². The minimum absolute atomic E-state index is 0.0392. The van der Waals surface area contributed by atoms with Crippen molar-refractivity contribution in [2.45, 2.75) is 6.92 Å². The fourth-order valence-corrected chi connectivity index (χ4v) is 5.54. The zero-order valence-corrected chi connectivity index (χ0v) is 17.6. The van der Waals surface area contributed by atoms with Gasteiger partial charge < -0.3 is 0 Å². The van der Waals surface area contributed by atoms with Crippen molar-refractivity contribution in [1.29, 1.82) is 0 Å². The van der Waals surface area contributed by atoms with E-state index in [1.165, 1.54) is 12.1 Å². The Kier molecular flexibility index (Phi) is 4.25. The molecule has 5 rings (SSSR count). The minimum Gasteiger partial charge on any atom is -0.274 e. The number of anilines is 1. The van der Waals surface area contributed by atoms with Crippen molar-refractivity contribution in [1.82, 2.24) is 0 Å². The molecule has 2 aromatic rings. The minimum atomic E-state index is -0.563. The molecule has 0 radical (unpaired) electrons. The second-order valence-electron chi connectivity index (χ2n) is 7.84. The Bertz CT molecular complexity index is 1140. The molecular weight excluding hydrogens is 448 g/mol. The summed E-state index contributed by atoms with van der Waals surface area (Å²) < 4.78 is 0.516. The number of hydrogen-bond acceptors (Lipinski definition) is 4. The van der Waals surface area contributed by atoms with Crippen LogP contribution in [0.1, 0.15) is 12.5 Å². The van der Waals surface area contributed by atoms with Crippen molar-refractivity contribution in [3.63, 3.8) is 0 Å². The lowest BCUT2D eigenvalue weighted by Crippen LogP contribution is -2.33. The summed E-state index contributed by atoms with van der Waals surface area (Å²) in [4.78, 5) is 38.7. The zero-order chi connectivity index (χ0) is 21.2. The summed E-state index contributed by atoms with van der Waals surface area (Å²) in [7, 11) is 0. The second kappa shape index (κ2) is 6.74. The van der Waals surface area contributed by atoms with E-state index in [1.807, 2.05) is 49.4 Å². The van der Waals surface area contributed by atoms with Crippen LogP contribution in [0.4, 0.5) is 11.4 Å². The first-order valence-corrected chi connectivity index (χ1v) is 10.5. The Balaban J connectivity index is 1.57. The first-order chi connectivity index (χ1) is 14.4. The molecule has 2 amide bonds. The molecule has 1 saturated carbocycles. The molecule has 1 saturated heterocycles. The lowest BCUT2D eigenvalue weighted by Gasteiger charge is -2.20. The highest BCUT2D eigenvalue weighted by atomic mass is 79.9. The highest BCUT2D eigenvalue weighted by Crippen LogP contribution is 2.58. The van der Waals surface area contributed by atoms with Gasteiger partial charge in [-0.15, -0.1) is 0 Å². The topological polar surface area (TPSA) is 80.5 Å². The molecule has 1 heterocycles. The Morgan fingerprint density at radius 2 is 1.60 bits per heavy atom. The van der Waals surface area contributed by atoms with Gasteiger partial charge in [-0.3, -0.25) is 19.7 Å². The zero-order valence-electron chi connectivity index (χ0n) is 16.0. The number of halogens is 1. The molecule has 2 bridgehead atoms. The lowest BCUT2D eigenvalue weighted by molar-refractivity contribution is -0.384. The van der Waals surface area contributed by atoms with Crippen molar-refractivity contribution < 1.29 is 14.5 Å². The summed E-state index contributed by atoms with van der Waals surface area (Å²) in [6.45, 7) is 2.03. The van der Waals surface area contributed by atoms with Gasteiger partial charge in [-0.1, -0.05) is 64.0 Å². The fourth-order valence-electron chi connectivity index (χ4n) is 5.19.